The molecule has 0 amide bonds. The summed E-state index contributed by atoms with van der Waals surface area (Å²) in [5, 5.41) is 0.640. The molecule has 1 saturated heterocycles. The van der Waals surface area contributed by atoms with Crippen LogP contribution in [0, 0.1) is 0 Å². The highest BCUT2D eigenvalue weighted by Crippen LogP contribution is 2.28. The van der Waals surface area contributed by atoms with Gasteiger partial charge in [-0.15, -0.1) is 0 Å². The van der Waals surface area contributed by atoms with Crippen molar-refractivity contribution in [3.63, 3.8) is 0 Å². The fourth-order valence-corrected chi connectivity index (χ4v) is 5.57. The predicted octanol–water partition coefficient (Wildman–Crippen LogP) is 4.17. The van der Waals surface area contributed by atoms with E-state index in [0.29, 0.717) is 29.5 Å². The third-order valence-electron chi connectivity index (χ3n) is 4.92. The molecule has 158 valence electrons. The van der Waals surface area contributed by atoms with Crippen molar-refractivity contribution < 1.29 is 17.9 Å². The zero-order chi connectivity index (χ0) is 21.3. The van der Waals surface area contributed by atoms with Crippen LogP contribution in [0.25, 0.3) is 5.65 Å². The van der Waals surface area contributed by atoms with E-state index in [-0.39, 0.29) is 22.1 Å². The molecule has 1 fully saturated rings. The van der Waals surface area contributed by atoms with E-state index in [9.17, 15) is 13.2 Å². The van der Waals surface area contributed by atoms with Crippen molar-refractivity contribution in [1.29, 1.82) is 0 Å². The van der Waals surface area contributed by atoms with Gasteiger partial charge in [0.05, 0.1) is 21.3 Å². The molecule has 0 spiro atoms. The van der Waals surface area contributed by atoms with E-state index < -0.39 is 16.0 Å². The minimum Gasteiger partial charge on any atom is -0.456 e. The summed E-state index contributed by atoms with van der Waals surface area (Å²) < 4.78 is 34.4. The summed E-state index contributed by atoms with van der Waals surface area (Å²) >= 11 is 12.1. The van der Waals surface area contributed by atoms with E-state index in [1.54, 1.807) is 28.9 Å². The van der Waals surface area contributed by atoms with Crippen molar-refractivity contribution in [2.75, 3.05) is 13.1 Å². The van der Waals surface area contributed by atoms with Gasteiger partial charge in [-0.2, -0.15) is 4.31 Å². The van der Waals surface area contributed by atoms with Crippen LogP contribution in [0.2, 0.25) is 10.0 Å². The molecular weight excluding hydrogens is 449 g/mol. The number of hydrogen-bond acceptors (Lipinski definition) is 5. The Labute approximate surface area is 184 Å². The second-order valence-electron chi connectivity index (χ2n) is 7.03. The van der Waals surface area contributed by atoms with Crippen LogP contribution in [0.15, 0.2) is 47.6 Å². The van der Waals surface area contributed by atoms with Crippen LogP contribution < -0.4 is 0 Å². The summed E-state index contributed by atoms with van der Waals surface area (Å²) in [5.41, 5.74) is 1.33. The lowest BCUT2D eigenvalue weighted by Crippen LogP contribution is -2.35. The van der Waals surface area contributed by atoms with Crippen molar-refractivity contribution in [1.82, 2.24) is 13.7 Å². The maximum atomic E-state index is 13.0. The Morgan fingerprint density at radius 3 is 2.60 bits per heavy atom. The molecule has 0 radical (unpaired) electrons. The molecule has 1 aliphatic rings. The summed E-state index contributed by atoms with van der Waals surface area (Å²) in [6.45, 7) is 0.839. The van der Waals surface area contributed by atoms with E-state index in [1.165, 1.54) is 22.5 Å². The largest absolute Gasteiger partial charge is 0.456 e. The van der Waals surface area contributed by atoms with Crippen molar-refractivity contribution in [3.8, 4) is 0 Å². The molecule has 1 aromatic carbocycles. The number of aromatic nitrogens is 2. The van der Waals surface area contributed by atoms with Crippen molar-refractivity contribution in [2.24, 2.45) is 0 Å². The Balaban J connectivity index is 1.51. The van der Waals surface area contributed by atoms with Gasteiger partial charge in [-0.1, -0.05) is 29.6 Å². The summed E-state index contributed by atoms with van der Waals surface area (Å²) in [6.07, 6.45) is 6.03. The SMILES string of the molecule is O=C(OCc1cn2cc(Cl)ccc2n1)c1ccc(Cl)c(S(=O)(=O)N2CCCCC2)c1. The molecule has 3 heterocycles. The highest BCUT2D eigenvalue weighted by molar-refractivity contribution is 7.89. The number of esters is 1. The van der Waals surface area contributed by atoms with Crippen LogP contribution in [-0.4, -0.2) is 41.2 Å². The summed E-state index contributed by atoms with van der Waals surface area (Å²) in [6, 6.07) is 7.60. The number of piperidine rings is 1. The molecular formula is C20H19Cl2N3O4S. The zero-order valence-corrected chi connectivity index (χ0v) is 18.3. The van der Waals surface area contributed by atoms with Crippen molar-refractivity contribution in [3.05, 3.63) is 64.0 Å². The average molecular weight is 468 g/mol. The van der Waals surface area contributed by atoms with Gasteiger partial charge in [0.2, 0.25) is 10.0 Å². The van der Waals surface area contributed by atoms with Gasteiger partial charge in [0, 0.05) is 25.5 Å². The van der Waals surface area contributed by atoms with Gasteiger partial charge in [-0.3, -0.25) is 0 Å². The monoisotopic (exact) mass is 467 g/mol. The van der Waals surface area contributed by atoms with Crippen LogP contribution in [0.5, 0.6) is 0 Å². The van der Waals surface area contributed by atoms with Gasteiger partial charge in [0.25, 0.3) is 0 Å². The second-order valence-corrected chi connectivity index (χ2v) is 9.78. The first kappa shape index (κ1) is 21.1. The van der Waals surface area contributed by atoms with Crippen molar-refractivity contribution in [2.45, 2.75) is 30.8 Å². The number of pyridine rings is 1. The molecule has 0 N–H and O–H groups in total. The normalized spacial score (nSPS) is 15.4. The Hall–Kier alpha value is -2.13. The standard InChI is InChI=1S/C20H19Cl2N3O4S/c21-15-5-7-19-23-16(12-24(19)11-15)13-29-20(26)14-4-6-17(22)18(10-14)30(27,28)25-8-2-1-3-9-25/h4-7,10-12H,1-3,8-9,13H2. The van der Waals surface area contributed by atoms with Crippen LogP contribution in [0.3, 0.4) is 0 Å². The first-order chi connectivity index (χ1) is 14.3. The number of fused-ring (bicyclic) bond motifs is 1. The predicted molar refractivity (Wildman–Crippen MR) is 113 cm³/mol. The Bertz CT molecular complexity index is 1200. The van der Waals surface area contributed by atoms with Gasteiger partial charge in [-0.25, -0.2) is 18.2 Å². The third kappa shape index (κ3) is 4.32. The van der Waals surface area contributed by atoms with E-state index in [0.717, 1.165) is 19.3 Å². The Kier molecular flexibility index (Phi) is 6.02. The van der Waals surface area contributed by atoms with Gasteiger partial charge in [-0.05, 0) is 43.2 Å². The van der Waals surface area contributed by atoms with E-state index in [1.807, 2.05) is 0 Å². The smallest absolute Gasteiger partial charge is 0.338 e. The van der Waals surface area contributed by atoms with Crippen LogP contribution in [-0.2, 0) is 21.4 Å². The molecule has 0 bridgehead atoms. The number of carbonyl (C=O) groups is 1. The number of halogens is 2. The number of sulfonamides is 1. The van der Waals surface area contributed by atoms with E-state index >= 15 is 0 Å². The molecule has 10 heteroatoms. The third-order valence-corrected chi connectivity index (χ3v) is 7.52. The van der Waals surface area contributed by atoms with Crippen LogP contribution in [0.1, 0.15) is 35.3 Å². The van der Waals surface area contributed by atoms with E-state index in [4.69, 9.17) is 27.9 Å². The number of nitrogens with zero attached hydrogens (tertiary/aromatic N) is 3. The minimum absolute atomic E-state index is 0.0605. The quantitative estimate of drug-likeness (QED) is 0.525. The highest BCUT2D eigenvalue weighted by Gasteiger charge is 2.29. The average Bonchev–Trinajstić information content (AvgIpc) is 3.15. The minimum atomic E-state index is -3.77. The second kappa shape index (κ2) is 8.55. The zero-order valence-electron chi connectivity index (χ0n) is 15.9. The molecule has 0 saturated carbocycles. The maximum absolute atomic E-state index is 13.0. The van der Waals surface area contributed by atoms with Crippen molar-refractivity contribution >= 4 is 44.8 Å². The summed E-state index contributed by atoms with van der Waals surface area (Å²) in [7, 11) is -3.77. The number of imidazole rings is 1. The lowest BCUT2D eigenvalue weighted by Gasteiger charge is -2.26. The molecule has 0 aliphatic carbocycles. The fraction of sp³-hybridized carbons (Fsp3) is 0.300. The molecule has 3 aromatic rings. The molecule has 0 unspecified atom stereocenters. The maximum Gasteiger partial charge on any atom is 0.338 e. The van der Waals surface area contributed by atoms with Gasteiger partial charge < -0.3 is 9.14 Å². The fourth-order valence-electron chi connectivity index (χ4n) is 3.38. The first-order valence-electron chi connectivity index (χ1n) is 9.44. The number of hydrogen-bond donors (Lipinski definition) is 0. The Morgan fingerprint density at radius 1 is 1.07 bits per heavy atom. The molecule has 30 heavy (non-hydrogen) atoms. The number of ether oxygens (including phenoxy) is 1. The topological polar surface area (TPSA) is 81.0 Å². The van der Waals surface area contributed by atoms with Gasteiger partial charge in [0.15, 0.2) is 0 Å². The van der Waals surface area contributed by atoms with E-state index in [2.05, 4.69) is 4.98 Å². The molecule has 1 aliphatic heterocycles. The van der Waals surface area contributed by atoms with Gasteiger partial charge >= 0.3 is 5.97 Å². The first-order valence-corrected chi connectivity index (χ1v) is 11.6. The Morgan fingerprint density at radius 2 is 1.83 bits per heavy atom. The summed E-state index contributed by atoms with van der Waals surface area (Å²) in [5.74, 6) is -0.656. The molecule has 7 nitrogen and oxygen atoms in total. The number of rotatable bonds is 5. The van der Waals surface area contributed by atoms with Crippen LogP contribution >= 0.6 is 23.2 Å². The van der Waals surface area contributed by atoms with Gasteiger partial charge in [0.1, 0.15) is 17.1 Å². The summed E-state index contributed by atoms with van der Waals surface area (Å²) in [4.78, 5) is 16.8. The van der Waals surface area contributed by atoms with Crippen LogP contribution in [0.4, 0.5) is 0 Å². The lowest BCUT2D eigenvalue weighted by atomic mass is 10.2. The molecule has 0 atom stereocenters. The lowest BCUT2D eigenvalue weighted by molar-refractivity contribution is 0.0468. The highest BCUT2D eigenvalue weighted by atomic mass is 35.5. The molecule has 4 rings (SSSR count). The number of benzene rings is 1. The number of carbonyl (C=O) groups excluding carboxylic acids is 1. The molecule has 2 aromatic heterocycles.